The van der Waals surface area contributed by atoms with E-state index in [0.29, 0.717) is 5.69 Å². The van der Waals surface area contributed by atoms with E-state index in [4.69, 9.17) is 0 Å². The molecular weight excluding hydrogens is 298 g/mol. The summed E-state index contributed by atoms with van der Waals surface area (Å²) in [6, 6.07) is 1.27. The van der Waals surface area contributed by atoms with Crippen molar-refractivity contribution in [2.45, 2.75) is 40.7 Å². The second-order valence-electron chi connectivity index (χ2n) is 5.58. The van der Waals surface area contributed by atoms with Crippen LogP contribution in [0.5, 0.6) is 0 Å². The van der Waals surface area contributed by atoms with Gasteiger partial charge in [0.25, 0.3) is 5.91 Å². The minimum atomic E-state index is -0.281. The van der Waals surface area contributed by atoms with Crippen LogP contribution in [0.2, 0.25) is 0 Å². The van der Waals surface area contributed by atoms with Gasteiger partial charge >= 0.3 is 0 Å². The monoisotopic (exact) mass is 319 g/mol. The lowest BCUT2D eigenvalue weighted by atomic mass is 10.1. The second-order valence-corrected chi connectivity index (χ2v) is 6.99. The molecule has 0 saturated carbocycles. The van der Waals surface area contributed by atoms with Crippen LogP contribution in [-0.2, 0) is 0 Å². The SMILES string of the molecule is Cc1cc(=O)c(C(=O)N(C)[C@@H](C)c2nc(C)sc2C)c(C)[nH]1. The highest BCUT2D eigenvalue weighted by Gasteiger charge is 2.25. The number of pyridine rings is 1. The van der Waals surface area contributed by atoms with Crippen molar-refractivity contribution in [3.63, 3.8) is 0 Å². The number of carbonyl (C=O) groups excluding carboxylic acids is 1. The molecule has 0 radical (unpaired) electrons. The molecule has 0 bridgehead atoms. The van der Waals surface area contributed by atoms with E-state index in [1.165, 1.54) is 6.07 Å². The Morgan fingerprint density at radius 1 is 1.32 bits per heavy atom. The Kier molecular flexibility index (Phi) is 4.51. The molecule has 0 fully saturated rings. The molecular formula is C16H21N3O2S. The normalized spacial score (nSPS) is 12.3. The fraction of sp³-hybridized carbons (Fsp3) is 0.438. The predicted molar refractivity (Wildman–Crippen MR) is 88.6 cm³/mol. The molecule has 0 aliphatic rings. The number of aromatic nitrogens is 2. The van der Waals surface area contributed by atoms with E-state index in [1.807, 2.05) is 20.8 Å². The van der Waals surface area contributed by atoms with Crippen molar-refractivity contribution in [3.05, 3.63) is 48.8 Å². The Morgan fingerprint density at radius 3 is 2.45 bits per heavy atom. The summed E-state index contributed by atoms with van der Waals surface area (Å²) in [7, 11) is 1.71. The Bertz CT molecular complexity index is 776. The molecule has 0 aromatic carbocycles. The molecule has 0 aliphatic heterocycles. The van der Waals surface area contributed by atoms with Gasteiger partial charge in [0.15, 0.2) is 5.43 Å². The summed E-state index contributed by atoms with van der Waals surface area (Å²) in [5, 5.41) is 0.976. The molecule has 0 aliphatic carbocycles. The Balaban J connectivity index is 2.37. The van der Waals surface area contributed by atoms with Crippen LogP contribution < -0.4 is 5.43 Å². The van der Waals surface area contributed by atoms with E-state index < -0.39 is 0 Å². The first-order valence-electron chi connectivity index (χ1n) is 7.14. The van der Waals surface area contributed by atoms with Crippen molar-refractivity contribution < 1.29 is 4.79 Å². The van der Waals surface area contributed by atoms with Gasteiger partial charge in [-0.3, -0.25) is 9.59 Å². The molecule has 0 saturated heterocycles. The molecule has 2 rings (SSSR count). The number of aryl methyl sites for hydroxylation is 4. The van der Waals surface area contributed by atoms with E-state index in [-0.39, 0.29) is 22.9 Å². The topological polar surface area (TPSA) is 66.1 Å². The maximum Gasteiger partial charge on any atom is 0.259 e. The van der Waals surface area contributed by atoms with E-state index in [2.05, 4.69) is 9.97 Å². The first-order chi connectivity index (χ1) is 10.2. The summed E-state index contributed by atoms with van der Waals surface area (Å²) in [6.45, 7) is 9.43. The average Bonchev–Trinajstić information content (AvgIpc) is 2.74. The highest BCUT2D eigenvalue weighted by molar-refractivity contribution is 7.11. The number of amides is 1. The first kappa shape index (κ1) is 16.4. The van der Waals surface area contributed by atoms with Crippen LogP contribution in [0.1, 0.15) is 50.3 Å². The standard InChI is InChI=1S/C16H21N3O2S/c1-8-7-13(20)14(9(2)17-8)16(21)19(6)10(3)15-11(4)22-12(5)18-15/h7,10H,1-6H3,(H,17,20)/t10-/m0/s1. The van der Waals surface area contributed by atoms with Crippen LogP contribution in [0.25, 0.3) is 0 Å². The zero-order valence-electron chi connectivity index (χ0n) is 13.8. The summed E-state index contributed by atoms with van der Waals surface area (Å²) in [5.74, 6) is -0.281. The number of hydrogen-bond donors (Lipinski definition) is 1. The molecule has 0 spiro atoms. The molecule has 118 valence electrons. The molecule has 1 atom stereocenters. The maximum absolute atomic E-state index is 12.7. The van der Waals surface area contributed by atoms with Crippen LogP contribution in [-0.4, -0.2) is 27.8 Å². The van der Waals surface area contributed by atoms with Gasteiger partial charge in [0, 0.05) is 29.4 Å². The van der Waals surface area contributed by atoms with Crippen molar-refractivity contribution in [1.82, 2.24) is 14.9 Å². The van der Waals surface area contributed by atoms with Gasteiger partial charge in [-0.15, -0.1) is 11.3 Å². The minimum Gasteiger partial charge on any atom is -0.362 e. The van der Waals surface area contributed by atoms with Crippen LogP contribution in [0, 0.1) is 27.7 Å². The number of nitrogens with one attached hydrogen (secondary N) is 1. The smallest absolute Gasteiger partial charge is 0.259 e. The first-order valence-corrected chi connectivity index (χ1v) is 7.95. The van der Waals surface area contributed by atoms with Crippen LogP contribution in [0.3, 0.4) is 0 Å². The zero-order valence-corrected chi connectivity index (χ0v) is 14.6. The molecule has 0 unspecified atom stereocenters. The Labute approximate surface area is 134 Å². The lowest BCUT2D eigenvalue weighted by molar-refractivity contribution is 0.0737. The molecule has 2 aromatic heterocycles. The van der Waals surface area contributed by atoms with E-state index in [9.17, 15) is 9.59 Å². The molecule has 1 amide bonds. The summed E-state index contributed by atoms with van der Waals surface area (Å²) in [6.07, 6.45) is 0. The number of carbonyl (C=O) groups is 1. The number of rotatable bonds is 3. The third-order valence-electron chi connectivity index (χ3n) is 3.80. The molecule has 22 heavy (non-hydrogen) atoms. The number of thiazole rings is 1. The van der Waals surface area contributed by atoms with E-state index in [0.717, 1.165) is 21.3 Å². The fourth-order valence-electron chi connectivity index (χ4n) is 2.58. The Hall–Kier alpha value is -1.95. The predicted octanol–water partition coefficient (Wildman–Crippen LogP) is 2.90. The highest BCUT2D eigenvalue weighted by Crippen LogP contribution is 2.26. The van der Waals surface area contributed by atoms with Gasteiger partial charge in [0.2, 0.25) is 0 Å². The largest absolute Gasteiger partial charge is 0.362 e. The molecule has 1 N–H and O–H groups in total. The summed E-state index contributed by atoms with van der Waals surface area (Å²) in [4.78, 5) is 35.1. The van der Waals surface area contributed by atoms with Crippen LogP contribution >= 0.6 is 11.3 Å². The zero-order chi connectivity index (χ0) is 16.6. The van der Waals surface area contributed by atoms with Gasteiger partial charge < -0.3 is 9.88 Å². The van der Waals surface area contributed by atoms with Crippen molar-refractivity contribution >= 4 is 17.2 Å². The van der Waals surface area contributed by atoms with Gasteiger partial charge in [0.05, 0.1) is 16.7 Å². The lowest BCUT2D eigenvalue weighted by Crippen LogP contribution is -2.34. The van der Waals surface area contributed by atoms with Gasteiger partial charge in [-0.05, 0) is 34.6 Å². The Morgan fingerprint density at radius 2 is 1.95 bits per heavy atom. The summed E-state index contributed by atoms with van der Waals surface area (Å²) >= 11 is 1.61. The number of H-pyrrole nitrogens is 1. The quantitative estimate of drug-likeness (QED) is 0.946. The average molecular weight is 319 g/mol. The summed E-state index contributed by atoms with van der Waals surface area (Å²) in [5.41, 5.74) is 2.19. The number of hydrogen-bond acceptors (Lipinski definition) is 4. The fourth-order valence-corrected chi connectivity index (χ4v) is 3.49. The maximum atomic E-state index is 12.7. The van der Waals surface area contributed by atoms with Crippen molar-refractivity contribution in [1.29, 1.82) is 0 Å². The highest BCUT2D eigenvalue weighted by atomic mass is 32.1. The number of aromatic amines is 1. The molecule has 5 nitrogen and oxygen atoms in total. The molecule has 2 heterocycles. The van der Waals surface area contributed by atoms with Crippen molar-refractivity contribution in [2.75, 3.05) is 7.05 Å². The lowest BCUT2D eigenvalue weighted by Gasteiger charge is -2.24. The third kappa shape index (κ3) is 2.97. The molecule has 2 aromatic rings. The summed E-state index contributed by atoms with van der Waals surface area (Å²) < 4.78 is 0. The van der Waals surface area contributed by atoms with Gasteiger partial charge in [-0.25, -0.2) is 4.98 Å². The van der Waals surface area contributed by atoms with Crippen LogP contribution in [0.15, 0.2) is 10.9 Å². The van der Waals surface area contributed by atoms with Crippen molar-refractivity contribution in [3.8, 4) is 0 Å². The van der Waals surface area contributed by atoms with Gasteiger partial charge in [-0.1, -0.05) is 0 Å². The second kappa shape index (κ2) is 6.04. The third-order valence-corrected chi connectivity index (χ3v) is 4.71. The van der Waals surface area contributed by atoms with Crippen LogP contribution in [0.4, 0.5) is 0 Å². The van der Waals surface area contributed by atoms with E-state index in [1.54, 1.807) is 37.1 Å². The van der Waals surface area contributed by atoms with Gasteiger partial charge in [-0.2, -0.15) is 0 Å². The molecule has 6 heteroatoms. The number of nitrogens with zero attached hydrogens (tertiary/aromatic N) is 2. The minimum absolute atomic E-state index is 0.183. The van der Waals surface area contributed by atoms with Gasteiger partial charge in [0.1, 0.15) is 5.56 Å². The van der Waals surface area contributed by atoms with E-state index >= 15 is 0 Å². The van der Waals surface area contributed by atoms with Crippen molar-refractivity contribution in [2.24, 2.45) is 0 Å².